The fourth-order valence-electron chi connectivity index (χ4n) is 2.42. The van der Waals surface area contributed by atoms with Crippen LogP contribution in [0.2, 0.25) is 0 Å². The second-order valence-electron chi connectivity index (χ2n) is 6.17. The maximum Gasteiger partial charge on any atom is 0.238 e. The largest absolute Gasteiger partial charge is 0.325 e. The minimum Gasteiger partial charge on any atom is -0.325 e. The minimum atomic E-state index is 0.00965. The lowest BCUT2D eigenvalue weighted by Gasteiger charge is -2.24. The van der Waals surface area contributed by atoms with Crippen LogP contribution in [0.4, 0.5) is 5.69 Å². The van der Waals surface area contributed by atoms with E-state index in [1.165, 1.54) is 5.56 Å². The Morgan fingerprint density at radius 3 is 2.60 bits per heavy atom. The number of hydrogen-bond acceptors (Lipinski definition) is 3. The average molecular weight is 275 g/mol. The van der Waals surface area contributed by atoms with Crippen molar-refractivity contribution >= 4 is 11.6 Å². The van der Waals surface area contributed by atoms with E-state index in [1.54, 1.807) is 0 Å². The van der Waals surface area contributed by atoms with E-state index in [2.05, 4.69) is 48.9 Å². The first-order valence-corrected chi connectivity index (χ1v) is 7.34. The molecule has 1 aromatic carbocycles. The highest BCUT2D eigenvalue weighted by Crippen LogP contribution is 2.17. The van der Waals surface area contributed by atoms with E-state index in [0.29, 0.717) is 12.5 Å². The van der Waals surface area contributed by atoms with Crippen molar-refractivity contribution in [2.24, 2.45) is 0 Å². The van der Waals surface area contributed by atoms with Crippen LogP contribution in [0.15, 0.2) is 24.3 Å². The van der Waals surface area contributed by atoms with Crippen molar-refractivity contribution in [2.45, 2.75) is 38.6 Å². The molecule has 3 N–H and O–H groups in total. The molecule has 0 radical (unpaired) electrons. The Bertz CT molecular complexity index is 447. The van der Waals surface area contributed by atoms with Crippen molar-refractivity contribution in [3.05, 3.63) is 29.8 Å². The summed E-state index contributed by atoms with van der Waals surface area (Å²) in [4.78, 5) is 11.9. The molecule has 4 nitrogen and oxygen atoms in total. The maximum absolute atomic E-state index is 11.9. The number of carbonyl (C=O) groups is 1. The summed E-state index contributed by atoms with van der Waals surface area (Å²) in [6.45, 7) is 8.76. The van der Waals surface area contributed by atoms with Crippen molar-refractivity contribution in [3.63, 3.8) is 0 Å². The molecule has 1 unspecified atom stereocenters. The van der Waals surface area contributed by atoms with Gasteiger partial charge in [0.25, 0.3) is 0 Å². The summed E-state index contributed by atoms with van der Waals surface area (Å²) in [7, 11) is 0. The molecule has 4 heteroatoms. The first-order valence-electron chi connectivity index (χ1n) is 7.34. The lowest BCUT2D eigenvalue weighted by atomic mass is 10.0. The van der Waals surface area contributed by atoms with Crippen LogP contribution >= 0.6 is 0 Å². The Hall–Kier alpha value is -1.39. The molecule has 0 bridgehead atoms. The summed E-state index contributed by atoms with van der Waals surface area (Å²) in [6.07, 6.45) is 1.06. The molecular formula is C16H25N3O. The molecule has 1 heterocycles. The summed E-state index contributed by atoms with van der Waals surface area (Å²) in [6, 6.07) is 8.06. The van der Waals surface area contributed by atoms with Crippen LogP contribution in [0.1, 0.15) is 38.7 Å². The van der Waals surface area contributed by atoms with E-state index in [4.69, 9.17) is 0 Å². The Kier molecular flexibility index (Phi) is 4.78. The van der Waals surface area contributed by atoms with Crippen molar-refractivity contribution in [1.82, 2.24) is 10.6 Å². The van der Waals surface area contributed by atoms with E-state index < -0.39 is 0 Å². The average Bonchev–Trinajstić information content (AvgIpc) is 2.85. The van der Waals surface area contributed by atoms with Gasteiger partial charge in [-0.2, -0.15) is 0 Å². The predicted octanol–water partition coefficient (Wildman–Crippen LogP) is 2.09. The van der Waals surface area contributed by atoms with E-state index >= 15 is 0 Å². The fourth-order valence-corrected chi connectivity index (χ4v) is 2.42. The molecule has 1 aromatic rings. The van der Waals surface area contributed by atoms with Crippen LogP contribution in [-0.2, 0) is 4.79 Å². The van der Waals surface area contributed by atoms with E-state index in [0.717, 1.165) is 25.2 Å². The molecule has 1 saturated heterocycles. The van der Waals surface area contributed by atoms with E-state index in [-0.39, 0.29) is 11.4 Å². The Balaban J connectivity index is 1.82. The highest BCUT2D eigenvalue weighted by molar-refractivity contribution is 5.92. The highest BCUT2D eigenvalue weighted by atomic mass is 16.1. The summed E-state index contributed by atoms with van der Waals surface area (Å²) >= 11 is 0. The molecule has 0 aliphatic carbocycles. The van der Waals surface area contributed by atoms with Crippen molar-refractivity contribution in [3.8, 4) is 0 Å². The summed E-state index contributed by atoms with van der Waals surface area (Å²) in [5.74, 6) is 0.520. The van der Waals surface area contributed by atoms with Gasteiger partial charge in [0.05, 0.1) is 6.54 Å². The molecule has 1 atom stereocenters. The van der Waals surface area contributed by atoms with Crippen molar-refractivity contribution in [1.29, 1.82) is 0 Å². The SMILES string of the molecule is CC(C)c1ccc(NC(=O)CNC2(C)CCNC2)cc1. The van der Waals surface area contributed by atoms with Crippen LogP contribution in [-0.4, -0.2) is 31.1 Å². The number of nitrogens with one attached hydrogen (secondary N) is 3. The van der Waals surface area contributed by atoms with Gasteiger partial charge in [-0.25, -0.2) is 0 Å². The van der Waals surface area contributed by atoms with Crippen LogP contribution < -0.4 is 16.0 Å². The van der Waals surface area contributed by atoms with Gasteiger partial charge in [-0.1, -0.05) is 26.0 Å². The quantitative estimate of drug-likeness (QED) is 0.771. The van der Waals surface area contributed by atoms with Crippen LogP contribution in [0.3, 0.4) is 0 Å². The van der Waals surface area contributed by atoms with Gasteiger partial charge in [-0.15, -0.1) is 0 Å². The van der Waals surface area contributed by atoms with Crippen molar-refractivity contribution < 1.29 is 4.79 Å². The van der Waals surface area contributed by atoms with Gasteiger partial charge in [0, 0.05) is 17.8 Å². The molecule has 1 amide bonds. The molecule has 20 heavy (non-hydrogen) atoms. The number of rotatable bonds is 5. The number of carbonyl (C=O) groups excluding carboxylic acids is 1. The number of amides is 1. The summed E-state index contributed by atoms with van der Waals surface area (Å²) in [5.41, 5.74) is 2.18. The molecular weight excluding hydrogens is 250 g/mol. The lowest BCUT2D eigenvalue weighted by molar-refractivity contribution is -0.115. The second kappa shape index (κ2) is 6.37. The minimum absolute atomic E-state index is 0.00965. The van der Waals surface area contributed by atoms with Crippen molar-refractivity contribution in [2.75, 3.05) is 25.0 Å². The zero-order valence-corrected chi connectivity index (χ0v) is 12.6. The third-order valence-corrected chi connectivity index (χ3v) is 3.91. The van der Waals surface area contributed by atoms with Gasteiger partial charge in [0.1, 0.15) is 0 Å². The Morgan fingerprint density at radius 1 is 1.35 bits per heavy atom. The van der Waals surface area contributed by atoms with E-state index in [1.807, 2.05) is 12.1 Å². The van der Waals surface area contributed by atoms with Gasteiger partial charge in [-0.05, 0) is 43.5 Å². The van der Waals surface area contributed by atoms with Crippen LogP contribution in [0.25, 0.3) is 0 Å². The van der Waals surface area contributed by atoms with Gasteiger partial charge >= 0.3 is 0 Å². The Morgan fingerprint density at radius 2 is 2.05 bits per heavy atom. The molecule has 1 aliphatic rings. The predicted molar refractivity (Wildman–Crippen MR) is 83.1 cm³/mol. The monoisotopic (exact) mass is 275 g/mol. The number of hydrogen-bond donors (Lipinski definition) is 3. The fraction of sp³-hybridized carbons (Fsp3) is 0.562. The molecule has 1 aliphatic heterocycles. The first kappa shape index (κ1) is 15.0. The summed E-state index contributed by atoms with van der Waals surface area (Å²) in [5, 5.41) is 9.57. The normalized spacial score (nSPS) is 22.2. The molecule has 0 aromatic heterocycles. The maximum atomic E-state index is 11.9. The van der Waals surface area contributed by atoms with Gasteiger partial charge in [-0.3, -0.25) is 4.79 Å². The number of anilines is 1. The summed E-state index contributed by atoms with van der Waals surface area (Å²) < 4.78 is 0. The smallest absolute Gasteiger partial charge is 0.238 e. The zero-order chi connectivity index (χ0) is 14.6. The Labute approximate surface area is 121 Å². The van der Waals surface area contributed by atoms with Gasteiger partial charge in [0.2, 0.25) is 5.91 Å². The van der Waals surface area contributed by atoms with E-state index in [9.17, 15) is 4.79 Å². The highest BCUT2D eigenvalue weighted by Gasteiger charge is 2.28. The molecule has 2 rings (SSSR count). The third-order valence-electron chi connectivity index (χ3n) is 3.91. The molecule has 110 valence electrons. The third kappa shape index (κ3) is 4.05. The first-order chi connectivity index (χ1) is 9.48. The standard InChI is InChI=1S/C16H25N3O/c1-12(2)13-4-6-14(7-5-13)19-15(20)10-18-16(3)8-9-17-11-16/h4-7,12,17-18H,8-11H2,1-3H3,(H,19,20). The molecule has 1 fully saturated rings. The molecule has 0 saturated carbocycles. The van der Waals surface area contributed by atoms with Gasteiger partial charge in [0.15, 0.2) is 0 Å². The number of benzene rings is 1. The topological polar surface area (TPSA) is 53.2 Å². The van der Waals surface area contributed by atoms with Crippen LogP contribution in [0.5, 0.6) is 0 Å². The van der Waals surface area contributed by atoms with Gasteiger partial charge < -0.3 is 16.0 Å². The lowest BCUT2D eigenvalue weighted by Crippen LogP contribution is -2.47. The van der Waals surface area contributed by atoms with Crippen LogP contribution in [0, 0.1) is 0 Å². The second-order valence-corrected chi connectivity index (χ2v) is 6.17. The zero-order valence-electron chi connectivity index (χ0n) is 12.6. The molecule has 0 spiro atoms.